The molecule has 106 valence electrons. The first-order chi connectivity index (χ1) is 8.61. The average molecular weight is 335 g/mol. The molecule has 1 aliphatic rings. The van der Waals surface area contributed by atoms with E-state index in [1.54, 1.807) is 0 Å². The van der Waals surface area contributed by atoms with Crippen molar-refractivity contribution in [3.05, 3.63) is 28.2 Å². The average Bonchev–Trinajstić information content (AvgIpc) is 2.42. The quantitative estimate of drug-likeness (QED) is 0.744. The molecular formula is C14H17BrF2O2. The fraction of sp³-hybridized carbons (Fsp3) is 0.571. The Morgan fingerprint density at radius 3 is 2.42 bits per heavy atom. The Hall–Kier alpha value is -0.680. The Morgan fingerprint density at radius 1 is 1.26 bits per heavy atom. The maximum absolute atomic E-state index is 13.7. The second-order valence-corrected chi connectivity index (χ2v) is 6.89. The number of halogens is 3. The lowest BCUT2D eigenvalue weighted by Crippen LogP contribution is -2.37. The fourth-order valence-electron chi connectivity index (χ4n) is 2.47. The zero-order valence-corrected chi connectivity index (χ0v) is 13.0. The molecular weight excluding hydrogens is 318 g/mol. The van der Waals surface area contributed by atoms with Gasteiger partial charge in [0.15, 0.2) is 11.6 Å². The van der Waals surface area contributed by atoms with E-state index in [2.05, 4.69) is 15.9 Å². The molecule has 0 amide bonds. The van der Waals surface area contributed by atoms with Crippen LogP contribution in [0.1, 0.15) is 34.1 Å². The third-order valence-electron chi connectivity index (χ3n) is 3.22. The maximum Gasteiger partial charge on any atom is 0.200 e. The summed E-state index contributed by atoms with van der Waals surface area (Å²) in [5.41, 5.74) is -0.885. The van der Waals surface area contributed by atoms with Gasteiger partial charge in [0.2, 0.25) is 5.82 Å². The lowest BCUT2D eigenvalue weighted by atomic mass is 9.97. The fourth-order valence-corrected chi connectivity index (χ4v) is 2.88. The largest absolute Gasteiger partial charge is 0.484 e. The van der Waals surface area contributed by atoms with Gasteiger partial charge in [-0.2, -0.15) is 4.39 Å². The minimum atomic E-state index is -0.969. The first-order valence-corrected chi connectivity index (χ1v) is 6.91. The zero-order chi connectivity index (χ0) is 14.4. The molecule has 0 aromatic heterocycles. The van der Waals surface area contributed by atoms with E-state index < -0.39 is 17.2 Å². The topological polar surface area (TPSA) is 18.5 Å². The van der Waals surface area contributed by atoms with E-state index in [1.165, 1.54) is 6.07 Å². The zero-order valence-electron chi connectivity index (χ0n) is 11.4. The van der Waals surface area contributed by atoms with Gasteiger partial charge in [0, 0.05) is 10.9 Å². The first kappa shape index (κ1) is 14.7. The van der Waals surface area contributed by atoms with Gasteiger partial charge in [0.1, 0.15) is 11.7 Å². The smallest absolute Gasteiger partial charge is 0.200 e. The van der Waals surface area contributed by atoms with Crippen LogP contribution < -0.4 is 4.74 Å². The molecule has 1 aromatic rings. The summed E-state index contributed by atoms with van der Waals surface area (Å²) in [7, 11) is 0. The van der Waals surface area contributed by atoms with E-state index in [9.17, 15) is 8.78 Å². The molecule has 1 fully saturated rings. The molecule has 0 saturated carbocycles. The summed E-state index contributed by atoms with van der Waals surface area (Å²) in [5.74, 6) is -1.99. The summed E-state index contributed by atoms with van der Waals surface area (Å²) < 4.78 is 39.0. The Balaban J connectivity index is 2.27. The van der Waals surface area contributed by atoms with Crippen LogP contribution in [-0.4, -0.2) is 17.3 Å². The van der Waals surface area contributed by atoms with E-state index in [-0.39, 0.29) is 17.5 Å². The molecule has 0 N–H and O–H groups in total. The number of rotatable bonds is 2. The van der Waals surface area contributed by atoms with Gasteiger partial charge in [-0.05, 0) is 39.8 Å². The van der Waals surface area contributed by atoms with Crippen LogP contribution >= 0.6 is 15.9 Å². The molecule has 1 unspecified atom stereocenters. The van der Waals surface area contributed by atoms with Crippen LogP contribution in [0.4, 0.5) is 8.78 Å². The number of benzene rings is 1. The van der Waals surface area contributed by atoms with Crippen LogP contribution in [0.5, 0.6) is 5.75 Å². The van der Waals surface area contributed by atoms with Crippen molar-refractivity contribution < 1.29 is 18.3 Å². The van der Waals surface area contributed by atoms with Crippen molar-refractivity contribution in [2.75, 3.05) is 0 Å². The Kier molecular flexibility index (Phi) is 3.64. The van der Waals surface area contributed by atoms with E-state index in [0.29, 0.717) is 10.9 Å². The molecule has 1 aliphatic heterocycles. The molecule has 19 heavy (non-hydrogen) atoms. The van der Waals surface area contributed by atoms with Crippen LogP contribution in [0.25, 0.3) is 0 Å². The van der Waals surface area contributed by atoms with Crippen molar-refractivity contribution in [3.8, 4) is 5.75 Å². The summed E-state index contributed by atoms with van der Waals surface area (Å²) in [4.78, 5) is 0. The lowest BCUT2D eigenvalue weighted by Gasteiger charge is -2.27. The summed E-state index contributed by atoms with van der Waals surface area (Å²) in [6, 6.07) is 2.50. The Bertz CT molecular complexity index is 500. The van der Waals surface area contributed by atoms with Crippen LogP contribution in [0.2, 0.25) is 0 Å². The second-order valence-electron chi connectivity index (χ2n) is 5.98. The highest BCUT2D eigenvalue weighted by molar-refractivity contribution is 9.10. The van der Waals surface area contributed by atoms with Gasteiger partial charge in [-0.15, -0.1) is 0 Å². The maximum atomic E-state index is 13.7. The van der Waals surface area contributed by atoms with Gasteiger partial charge in [0.05, 0.1) is 5.60 Å². The predicted octanol–water partition coefficient (Wildman–Crippen LogP) is 4.45. The van der Waals surface area contributed by atoms with Crippen molar-refractivity contribution in [2.24, 2.45) is 0 Å². The monoisotopic (exact) mass is 334 g/mol. The van der Waals surface area contributed by atoms with E-state index >= 15 is 0 Å². The van der Waals surface area contributed by atoms with Gasteiger partial charge >= 0.3 is 0 Å². The first-order valence-electron chi connectivity index (χ1n) is 6.12. The van der Waals surface area contributed by atoms with E-state index in [4.69, 9.17) is 9.47 Å². The molecule has 2 rings (SSSR count). The van der Waals surface area contributed by atoms with Crippen LogP contribution in [0, 0.1) is 11.6 Å². The molecule has 0 bridgehead atoms. The molecule has 0 aliphatic carbocycles. The highest BCUT2D eigenvalue weighted by atomic mass is 79.9. The van der Waals surface area contributed by atoms with Crippen molar-refractivity contribution >= 4 is 15.9 Å². The minimum Gasteiger partial charge on any atom is -0.484 e. The number of hydrogen-bond acceptors (Lipinski definition) is 2. The highest BCUT2D eigenvalue weighted by Crippen LogP contribution is 2.40. The molecule has 1 heterocycles. The molecule has 0 spiro atoms. The van der Waals surface area contributed by atoms with Crippen molar-refractivity contribution in [1.29, 1.82) is 0 Å². The van der Waals surface area contributed by atoms with Gasteiger partial charge in [-0.3, -0.25) is 0 Å². The number of ether oxygens (including phenoxy) is 2. The normalized spacial score (nSPS) is 24.5. The summed E-state index contributed by atoms with van der Waals surface area (Å²) >= 11 is 3.13. The van der Waals surface area contributed by atoms with Crippen molar-refractivity contribution in [2.45, 2.75) is 51.4 Å². The Labute approximate surface area is 120 Å². The Morgan fingerprint density at radius 2 is 1.89 bits per heavy atom. The van der Waals surface area contributed by atoms with Crippen molar-refractivity contribution in [1.82, 2.24) is 0 Å². The second kappa shape index (κ2) is 4.70. The molecule has 1 aromatic carbocycles. The van der Waals surface area contributed by atoms with Crippen LogP contribution in [0.3, 0.4) is 0 Å². The summed E-state index contributed by atoms with van der Waals surface area (Å²) in [5, 5.41) is 0. The van der Waals surface area contributed by atoms with Gasteiger partial charge in [-0.1, -0.05) is 15.9 Å². The van der Waals surface area contributed by atoms with Gasteiger partial charge in [-0.25, -0.2) is 4.39 Å². The standard InChI is InChI=1S/C14H17BrF2O2/c1-13(2)7-11(14(3,4)19-13)18-10-6-8(15)5-9(16)12(10)17/h5-6,11H,7H2,1-4H3. The lowest BCUT2D eigenvalue weighted by molar-refractivity contribution is -0.0849. The summed E-state index contributed by atoms with van der Waals surface area (Å²) in [6.07, 6.45) is 0.291. The van der Waals surface area contributed by atoms with E-state index in [1.807, 2.05) is 27.7 Å². The van der Waals surface area contributed by atoms with Gasteiger partial charge in [0.25, 0.3) is 0 Å². The number of hydrogen-bond donors (Lipinski definition) is 0. The van der Waals surface area contributed by atoms with Crippen LogP contribution in [-0.2, 0) is 4.74 Å². The van der Waals surface area contributed by atoms with Crippen molar-refractivity contribution in [3.63, 3.8) is 0 Å². The third kappa shape index (κ3) is 3.08. The SMILES string of the molecule is CC1(C)CC(Oc2cc(Br)cc(F)c2F)C(C)(C)O1. The van der Waals surface area contributed by atoms with Gasteiger partial charge < -0.3 is 9.47 Å². The molecule has 2 nitrogen and oxygen atoms in total. The predicted molar refractivity (Wildman–Crippen MR) is 72.3 cm³/mol. The minimum absolute atomic E-state index is 0.0914. The third-order valence-corrected chi connectivity index (χ3v) is 3.68. The van der Waals surface area contributed by atoms with E-state index in [0.717, 1.165) is 6.07 Å². The molecule has 5 heteroatoms. The molecule has 1 atom stereocenters. The molecule has 0 radical (unpaired) electrons. The summed E-state index contributed by atoms with van der Waals surface area (Å²) in [6.45, 7) is 7.68. The van der Waals surface area contributed by atoms with Crippen LogP contribution in [0.15, 0.2) is 16.6 Å². The molecule has 1 saturated heterocycles. The highest BCUT2D eigenvalue weighted by Gasteiger charge is 2.47.